The number of benzene rings is 1. The zero-order valence-electron chi connectivity index (χ0n) is 16.3. The minimum absolute atomic E-state index is 0.214. The van der Waals surface area contributed by atoms with Gasteiger partial charge in [0.15, 0.2) is 12.8 Å². The zero-order valence-corrected chi connectivity index (χ0v) is 16.3. The first-order valence-electron chi connectivity index (χ1n) is 9.61. The summed E-state index contributed by atoms with van der Waals surface area (Å²) in [5.41, 5.74) is 1.94. The van der Waals surface area contributed by atoms with Gasteiger partial charge in [0.25, 0.3) is 0 Å². The second-order valence-electron chi connectivity index (χ2n) is 7.36. The summed E-state index contributed by atoms with van der Waals surface area (Å²) in [6.45, 7) is 2.94. The van der Waals surface area contributed by atoms with Gasteiger partial charge in [0.1, 0.15) is 11.6 Å². The number of aliphatic imine (C=N–C) groups is 1. The molecule has 0 saturated heterocycles. The van der Waals surface area contributed by atoms with Crippen LogP contribution in [0.5, 0.6) is 5.75 Å². The molecule has 7 heteroatoms. The average Bonchev–Trinajstić information content (AvgIpc) is 2.65. The zero-order chi connectivity index (χ0) is 19.1. The Hall–Kier alpha value is -1.86. The van der Waals surface area contributed by atoms with Crippen LogP contribution in [0.2, 0.25) is 0 Å². The number of halogens is 1. The summed E-state index contributed by atoms with van der Waals surface area (Å²) >= 11 is 0. The minimum Gasteiger partial charge on any atom is -0.467 e. The van der Waals surface area contributed by atoms with E-state index in [9.17, 15) is 4.39 Å². The molecule has 1 aromatic carbocycles. The van der Waals surface area contributed by atoms with Gasteiger partial charge < -0.3 is 24.8 Å². The maximum absolute atomic E-state index is 13.8. The van der Waals surface area contributed by atoms with Crippen molar-refractivity contribution in [2.45, 2.75) is 38.7 Å². The summed E-state index contributed by atoms with van der Waals surface area (Å²) < 4.78 is 29.9. The molecule has 0 bridgehead atoms. The topological polar surface area (TPSA) is 64.1 Å². The minimum atomic E-state index is -0.259. The summed E-state index contributed by atoms with van der Waals surface area (Å²) in [4.78, 5) is 4.30. The van der Waals surface area contributed by atoms with Crippen LogP contribution in [0.3, 0.4) is 0 Å². The van der Waals surface area contributed by atoms with Crippen molar-refractivity contribution in [1.29, 1.82) is 0 Å². The number of hydrogen-bond acceptors (Lipinski definition) is 4. The lowest BCUT2D eigenvalue weighted by atomic mass is 9.67. The van der Waals surface area contributed by atoms with Crippen LogP contribution >= 0.6 is 0 Å². The van der Waals surface area contributed by atoms with Gasteiger partial charge in [-0.3, -0.25) is 4.99 Å². The molecule has 1 aliphatic carbocycles. The fourth-order valence-electron chi connectivity index (χ4n) is 3.76. The lowest BCUT2D eigenvalue weighted by molar-refractivity contribution is -0.0172. The lowest BCUT2D eigenvalue weighted by Gasteiger charge is -2.42. The van der Waals surface area contributed by atoms with Crippen LogP contribution in [-0.4, -0.2) is 46.6 Å². The highest BCUT2D eigenvalue weighted by molar-refractivity contribution is 5.79. The van der Waals surface area contributed by atoms with Crippen molar-refractivity contribution < 1.29 is 18.6 Å². The third kappa shape index (κ3) is 5.11. The van der Waals surface area contributed by atoms with Gasteiger partial charge in [-0.1, -0.05) is 6.42 Å². The quantitative estimate of drug-likeness (QED) is 0.537. The molecule has 6 nitrogen and oxygen atoms in total. The van der Waals surface area contributed by atoms with E-state index in [1.807, 2.05) is 0 Å². The summed E-state index contributed by atoms with van der Waals surface area (Å²) in [6, 6.07) is 3.01. The van der Waals surface area contributed by atoms with Gasteiger partial charge in [0.2, 0.25) is 0 Å². The predicted molar refractivity (Wildman–Crippen MR) is 103 cm³/mol. The van der Waals surface area contributed by atoms with Gasteiger partial charge in [-0.15, -0.1) is 0 Å². The monoisotopic (exact) mass is 379 g/mol. The molecule has 2 aliphatic rings. The van der Waals surface area contributed by atoms with Crippen molar-refractivity contribution in [3.63, 3.8) is 0 Å². The Morgan fingerprint density at radius 3 is 2.89 bits per heavy atom. The molecular formula is C20H30FN3O3. The highest BCUT2D eigenvalue weighted by atomic mass is 19.1. The predicted octanol–water partition coefficient (Wildman–Crippen LogP) is 2.61. The van der Waals surface area contributed by atoms with E-state index in [1.54, 1.807) is 14.2 Å². The van der Waals surface area contributed by atoms with E-state index >= 15 is 0 Å². The van der Waals surface area contributed by atoms with Crippen molar-refractivity contribution in [1.82, 2.24) is 10.6 Å². The maximum atomic E-state index is 13.8. The molecule has 0 atom stereocenters. The Bertz CT molecular complexity index is 662. The first kappa shape index (κ1) is 19.9. The molecule has 0 amide bonds. The number of nitrogens with one attached hydrogen (secondary N) is 2. The third-order valence-corrected chi connectivity index (χ3v) is 5.54. The molecule has 150 valence electrons. The van der Waals surface area contributed by atoms with Gasteiger partial charge in [-0.25, -0.2) is 4.39 Å². The Morgan fingerprint density at radius 1 is 1.33 bits per heavy atom. The number of methoxy groups -OCH3 is 1. The maximum Gasteiger partial charge on any atom is 0.191 e. The van der Waals surface area contributed by atoms with Gasteiger partial charge in [0.05, 0.1) is 6.61 Å². The van der Waals surface area contributed by atoms with E-state index < -0.39 is 0 Å². The molecule has 0 aromatic heterocycles. The Balaban J connectivity index is 1.50. The Kier molecular flexibility index (Phi) is 6.90. The van der Waals surface area contributed by atoms with Gasteiger partial charge >= 0.3 is 0 Å². The number of ether oxygens (including phenoxy) is 3. The number of guanidine groups is 1. The van der Waals surface area contributed by atoms with Crippen LogP contribution in [0, 0.1) is 11.2 Å². The number of hydrogen-bond donors (Lipinski definition) is 2. The molecule has 1 aliphatic heterocycles. The van der Waals surface area contributed by atoms with E-state index in [1.165, 1.54) is 31.4 Å². The molecule has 27 heavy (non-hydrogen) atoms. The molecule has 2 N–H and O–H groups in total. The normalized spacial score (nSPS) is 18.3. The largest absolute Gasteiger partial charge is 0.467 e. The molecule has 1 fully saturated rings. The molecule has 0 unspecified atom stereocenters. The van der Waals surface area contributed by atoms with Crippen LogP contribution in [0.15, 0.2) is 17.1 Å². The second-order valence-corrected chi connectivity index (χ2v) is 7.36. The van der Waals surface area contributed by atoms with E-state index in [-0.39, 0.29) is 12.6 Å². The van der Waals surface area contributed by atoms with E-state index in [4.69, 9.17) is 14.2 Å². The van der Waals surface area contributed by atoms with Crippen LogP contribution in [0.25, 0.3) is 0 Å². The highest BCUT2D eigenvalue weighted by Gasteiger charge is 2.36. The number of rotatable bonds is 8. The van der Waals surface area contributed by atoms with Crippen LogP contribution in [0.1, 0.15) is 36.8 Å². The molecule has 3 rings (SSSR count). The molecule has 0 radical (unpaired) electrons. The van der Waals surface area contributed by atoms with Crippen molar-refractivity contribution in [3.05, 3.63) is 29.1 Å². The van der Waals surface area contributed by atoms with Gasteiger partial charge in [0, 0.05) is 39.4 Å². The van der Waals surface area contributed by atoms with Crippen molar-refractivity contribution >= 4 is 5.96 Å². The average molecular weight is 379 g/mol. The van der Waals surface area contributed by atoms with Gasteiger partial charge in [-0.2, -0.15) is 0 Å². The summed E-state index contributed by atoms with van der Waals surface area (Å²) in [5.74, 6) is 1.26. The van der Waals surface area contributed by atoms with Crippen LogP contribution < -0.4 is 15.4 Å². The first-order chi connectivity index (χ1) is 13.2. The molecular weight excluding hydrogens is 349 g/mol. The van der Waals surface area contributed by atoms with Crippen molar-refractivity contribution in [3.8, 4) is 5.75 Å². The fourth-order valence-corrected chi connectivity index (χ4v) is 3.76. The summed E-state index contributed by atoms with van der Waals surface area (Å²) in [6.07, 6.45) is 5.47. The molecule has 0 spiro atoms. The standard InChI is InChI=1S/C20H30FN3O3/c1-22-19(24-13-20(5-3-6-20)7-9-25-2)23-8-4-15-10-17(21)11-16-12-26-14-27-18(15)16/h10-11H,3-9,12-14H2,1-2H3,(H2,22,23,24). The first-order valence-corrected chi connectivity index (χ1v) is 9.61. The Morgan fingerprint density at radius 2 is 2.19 bits per heavy atom. The molecule has 1 aromatic rings. The Labute approximate surface area is 160 Å². The fraction of sp³-hybridized carbons (Fsp3) is 0.650. The van der Waals surface area contributed by atoms with Crippen molar-refractivity contribution in [2.75, 3.05) is 40.6 Å². The highest BCUT2D eigenvalue weighted by Crippen LogP contribution is 2.43. The SMILES string of the molecule is CN=C(NCCc1cc(F)cc2c1OCOC2)NCC1(CCOC)CCC1. The lowest BCUT2D eigenvalue weighted by Crippen LogP contribution is -2.47. The van der Waals surface area contributed by atoms with Crippen LogP contribution in [0.4, 0.5) is 4.39 Å². The summed E-state index contributed by atoms with van der Waals surface area (Å²) in [7, 11) is 3.52. The van der Waals surface area contributed by atoms with E-state index in [0.29, 0.717) is 25.0 Å². The molecule has 1 saturated carbocycles. The molecule has 1 heterocycles. The van der Waals surface area contributed by atoms with Crippen molar-refractivity contribution in [2.24, 2.45) is 10.4 Å². The van der Waals surface area contributed by atoms with E-state index in [0.717, 1.165) is 42.4 Å². The number of fused-ring (bicyclic) bond motifs is 1. The second kappa shape index (κ2) is 9.37. The van der Waals surface area contributed by atoms with Crippen LogP contribution in [-0.2, 0) is 22.5 Å². The summed E-state index contributed by atoms with van der Waals surface area (Å²) in [5, 5.41) is 6.76. The third-order valence-electron chi connectivity index (χ3n) is 5.54. The van der Waals surface area contributed by atoms with Gasteiger partial charge in [-0.05, 0) is 48.8 Å². The van der Waals surface area contributed by atoms with E-state index in [2.05, 4.69) is 15.6 Å². The number of nitrogens with zero attached hydrogens (tertiary/aromatic N) is 1. The smallest absolute Gasteiger partial charge is 0.191 e.